The predicted octanol–water partition coefficient (Wildman–Crippen LogP) is 1.76. The lowest BCUT2D eigenvalue weighted by Crippen LogP contribution is -2.04. The highest BCUT2D eigenvalue weighted by molar-refractivity contribution is 5.81. The molecule has 0 aliphatic heterocycles. The van der Waals surface area contributed by atoms with Gasteiger partial charge in [0.2, 0.25) is 0 Å². The minimum absolute atomic E-state index is 0.612. The average molecular weight is 241 g/mol. The van der Waals surface area contributed by atoms with Gasteiger partial charge in [-0.05, 0) is 25.6 Å². The van der Waals surface area contributed by atoms with Crippen LogP contribution in [0.4, 0.5) is 0 Å². The van der Waals surface area contributed by atoms with Crippen LogP contribution in [-0.4, -0.2) is 26.5 Å². The fourth-order valence-electron chi connectivity index (χ4n) is 2.19. The van der Waals surface area contributed by atoms with Gasteiger partial charge < -0.3 is 15.7 Å². The SMILES string of the molecule is Cc1nc(-c2ccc3nc[nH]c3c2)c(CCN)[nH]1. The van der Waals surface area contributed by atoms with Crippen molar-refractivity contribution in [2.75, 3.05) is 6.54 Å². The molecule has 0 amide bonds. The van der Waals surface area contributed by atoms with Crippen LogP contribution in [0, 0.1) is 6.92 Å². The van der Waals surface area contributed by atoms with Crippen LogP contribution in [0.3, 0.4) is 0 Å². The Morgan fingerprint density at radius 3 is 3.06 bits per heavy atom. The van der Waals surface area contributed by atoms with Crippen molar-refractivity contribution in [3.05, 3.63) is 36.0 Å². The summed E-state index contributed by atoms with van der Waals surface area (Å²) in [4.78, 5) is 15.1. The molecule has 0 aliphatic carbocycles. The number of imidazole rings is 2. The maximum absolute atomic E-state index is 5.63. The minimum Gasteiger partial charge on any atom is -0.346 e. The van der Waals surface area contributed by atoms with Gasteiger partial charge in [-0.15, -0.1) is 0 Å². The Bertz CT molecular complexity index is 680. The van der Waals surface area contributed by atoms with Gasteiger partial charge in [0, 0.05) is 17.7 Å². The first-order valence-electron chi connectivity index (χ1n) is 5.97. The van der Waals surface area contributed by atoms with Crippen molar-refractivity contribution in [2.45, 2.75) is 13.3 Å². The molecule has 0 fully saturated rings. The van der Waals surface area contributed by atoms with Gasteiger partial charge >= 0.3 is 0 Å². The zero-order chi connectivity index (χ0) is 12.5. The van der Waals surface area contributed by atoms with Crippen molar-refractivity contribution in [1.29, 1.82) is 0 Å². The van der Waals surface area contributed by atoms with Crippen molar-refractivity contribution in [3.8, 4) is 11.3 Å². The molecule has 0 aliphatic rings. The van der Waals surface area contributed by atoms with Gasteiger partial charge in [-0.25, -0.2) is 9.97 Å². The number of nitrogens with one attached hydrogen (secondary N) is 2. The highest BCUT2D eigenvalue weighted by Gasteiger charge is 2.10. The van der Waals surface area contributed by atoms with E-state index in [4.69, 9.17) is 5.73 Å². The Morgan fingerprint density at radius 2 is 2.22 bits per heavy atom. The van der Waals surface area contributed by atoms with E-state index in [2.05, 4.69) is 26.0 Å². The molecule has 0 saturated heterocycles. The molecule has 0 bridgehead atoms. The van der Waals surface area contributed by atoms with E-state index in [0.717, 1.165) is 40.2 Å². The van der Waals surface area contributed by atoms with E-state index < -0.39 is 0 Å². The molecule has 2 heterocycles. The van der Waals surface area contributed by atoms with Crippen LogP contribution >= 0.6 is 0 Å². The lowest BCUT2D eigenvalue weighted by Gasteiger charge is -2.01. The molecule has 92 valence electrons. The molecule has 0 atom stereocenters. The Labute approximate surface area is 104 Å². The smallest absolute Gasteiger partial charge is 0.103 e. The first-order chi connectivity index (χ1) is 8.78. The molecule has 0 unspecified atom stereocenters. The maximum Gasteiger partial charge on any atom is 0.103 e. The van der Waals surface area contributed by atoms with Crippen LogP contribution in [0.25, 0.3) is 22.3 Å². The number of fused-ring (bicyclic) bond motifs is 1. The lowest BCUT2D eigenvalue weighted by molar-refractivity contribution is 0.930. The monoisotopic (exact) mass is 241 g/mol. The Balaban J connectivity index is 2.12. The summed E-state index contributed by atoms with van der Waals surface area (Å²) in [6.45, 7) is 2.57. The number of H-pyrrole nitrogens is 2. The molecule has 1 aromatic carbocycles. The highest BCUT2D eigenvalue weighted by atomic mass is 14.9. The van der Waals surface area contributed by atoms with Crippen molar-refractivity contribution in [2.24, 2.45) is 5.73 Å². The second-order valence-corrected chi connectivity index (χ2v) is 4.32. The van der Waals surface area contributed by atoms with Gasteiger partial charge in [-0.3, -0.25) is 0 Å². The van der Waals surface area contributed by atoms with Crippen LogP contribution in [0.1, 0.15) is 11.5 Å². The topological polar surface area (TPSA) is 83.4 Å². The van der Waals surface area contributed by atoms with Crippen molar-refractivity contribution in [1.82, 2.24) is 19.9 Å². The molecule has 5 heteroatoms. The molecule has 0 radical (unpaired) electrons. The highest BCUT2D eigenvalue weighted by Crippen LogP contribution is 2.24. The van der Waals surface area contributed by atoms with Crippen molar-refractivity contribution in [3.63, 3.8) is 0 Å². The van der Waals surface area contributed by atoms with Gasteiger partial charge in [0.1, 0.15) is 5.82 Å². The second-order valence-electron chi connectivity index (χ2n) is 4.32. The van der Waals surface area contributed by atoms with Gasteiger partial charge in [-0.2, -0.15) is 0 Å². The number of hydrogen-bond acceptors (Lipinski definition) is 3. The summed E-state index contributed by atoms with van der Waals surface area (Å²) in [5.41, 5.74) is 10.8. The zero-order valence-electron chi connectivity index (χ0n) is 10.2. The first kappa shape index (κ1) is 11.0. The molecule has 0 saturated carbocycles. The largest absolute Gasteiger partial charge is 0.346 e. The number of hydrogen-bond donors (Lipinski definition) is 3. The van der Waals surface area contributed by atoms with E-state index >= 15 is 0 Å². The number of aryl methyl sites for hydroxylation is 1. The van der Waals surface area contributed by atoms with Crippen LogP contribution in [0.15, 0.2) is 24.5 Å². The Hall–Kier alpha value is -2.14. The number of aromatic nitrogens is 4. The Kier molecular flexibility index (Phi) is 2.60. The van der Waals surface area contributed by atoms with E-state index in [0.29, 0.717) is 6.54 Å². The number of nitrogens with zero attached hydrogens (tertiary/aromatic N) is 2. The first-order valence-corrected chi connectivity index (χ1v) is 5.97. The summed E-state index contributed by atoms with van der Waals surface area (Å²) in [6.07, 6.45) is 2.50. The molecular weight excluding hydrogens is 226 g/mol. The summed E-state index contributed by atoms with van der Waals surface area (Å²) in [6, 6.07) is 6.11. The fourth-order valence-corrected chi connectivity index (χ4v) is 2.19. The Morgan fingerprint density at radius 1 is 1.33 bits per heavy atom. The normalized spacial score (nSPS) is 11.2. The number of rotatable bonds is 3. The van der Waals surface area contributed by atoms with Crippen molar-refractivity contribution < 1.29 is 0 Å². The molecular formula is C13H15N5. The third-order valence-corrected chi connectivity index (χ3v) is 2.99. The van der Waals surface area contributed by atoms with Crippen LogP contribution in [0.2, 0.25) is 0 Å². The van der Waals surface area contributed by atoms with Crippen molar-refractivity contribution >= 4 is 11.0 Å². The summed E-state index contributed by atoms with van der Waals surface area (Å²) in [5.74, 6) is 0.915. The van der Waals surface area contributed by atoms with Gasteiger partial charge in [0.25, 0.3) is 0 Å². The number of benzene rings is 1. The van der Waals surface area contributed by atoms with Gasteiger partial charge in [-0.1, -0.05) is 6.07 Å². The van der Waals surface area contributed by atoms with E-state index in [9.17, 15) is 0 Å². The lowest BCUT2D eigenvalue weighted by atomic mass is 10.1. The summed E-state index contributed by atoms with van der Waals surface area (Å²) >= 11 is 0. The second kappa shape index (κ2) is 4.27. The van der Waals surface area contributed by atoms with E-state index in [1.165, 1.54) is 0 Å². The molecule has 4 N–H and O–H groups in total. The van der Waals surface area contributed by atoms with Crippen LogP contribution in [-0.2, 0) is 6.42 Å². The quantitative estimate of drug-likeness (QED) is 0.653. The number of nitrogens with two attached hydrogens (primary N) is 1. The van der Waals surface area contributed by atoms with Crippen LogP contribution in [0.5, 0.6) is 0 Å². The summed E-state index contributed by atoms with van der Waals surface area (Å²) in [5, 5.41) is 0. The fraction of sp³-hybridized carbons (Fsp3) is 0.231. The van der Waals surface area contributed by atoms with Gasteiger partial charge in [0.15, 0.2) is 0 Å². The predicted molar refractivity (Wildman–Crippen MR) is 71.2 cm³/mol. The van der Waals surface area contributed by atoms with E-state index in [1.54, 1.807) is 6.33 Å². The van der Waals surface area contributed by atoms with E-state index in [1.807, 2.05) is 19.1 Å². The summed E-state index contributed by atoms with van der Waals surface area (Å²) < 4.78 is 0. The molecule has 2 aromatic heterocycles. The maximum atomic E-state index is 5.63. The van der Waals surface area contributed by atoms with Crippen LogP contribution < -0.4 is 5.73 Å². The summed E-state index contributed by atoms with van der Waals surface area (Å²) in [7, 11) is 0. The molecule has 5 nitrogen and oxygen atoms in total. The average Bonchev–Trinajstić information content (AvgIpc) is 2.95. The molecule has 0 spiro atoms. The van der Waals surface area contributed by atoms with Gasteiger partial charge in [0.05, 0.1) is 23.1 Å². The zero-order valence-corrected chi connectivity index (χ0v) is 10.2. The molecule has 3 aromatic rings. The molecule has 3 rings (SSSR count). The van der Waals surface area contributed by atoms with E-state index in [-0.39, 0.29) is 0 Å². The third kappa shape index (κ3) is 1.78. The molecule has 18 heavy (non-hydrogen) atoms. The number of aromatic amines is 2. The minimum atomic E-state index is 0.612. The third-order valence-electron chi connectivity index (χ3n) is 2.99. The standard InChI is InChI=1S/C13H15N5/c1-8-17-11(4-5-14)13(18-8)9-2-3-10-12(6-9)16-7-15-10/h2-3,6-7H,4-5,14H2,1H3,(H,15,16)(H,17,18).